The first kappa shape index (κ1) is 15.0. The minimum absolute atomic E-state index is 0.0193. The van der Waals surface area contributed by atoms with E-state index in [1.54, 1.807) is 17.0 Å². The second-order valence-corrected chi connectivity index (χ2v) is 7.18. The van der Waals surface area contributed by atoms with Crippen LogP contribution in [0.1, 0.15) is 21.5 Å². The summed E-state index contributed by atoms with van der Waals surface area (Å²) in [5, 5.41) is 0. The van der Waals surface area contributed by atoms with E-state index in [4.69, 9.17) is 0 Å². The lowest BCUT2D eigenvalue weighted by atomic mass is 9.98. The summed E-state index contributed by atoms with van der Waals surface area (Å²) in [7, 11) is 0. The molecular formula is C16H12BrFINO. The van der Waals surface area contributed by atoms with E-state index in [-0.39, 0.29) is 11.7 Å². The highest BCUT2D eigenvalue weighted by Crippen LogP contribution is 2.24. The lowest BCUT2D eigenvalue weighted by Crippen LogP contribution is -2.37. The molecule has 1 aliphatic heterocycles. The largest absolute Gasteiger partial charge is 0.334 e. The van der Waals surface area contributed by atoms with Crippen molar-refractivity contribution < 1.29 is 9.18 Å². The molecule has 1 heterocycles. The zero-order valence-corrected chi connectivity index (χ0v) is 14.8. The van der Waals surface area contributed by atoms with Crippen LogP contribution in [0.2, 0.25) is 0 Å². The van der Waals surface area contributed by atoms with E-state index >= 15 is 0 Å². The molecule has 1 amide bonds. The first-order valence-electron chi connectivity index (χ1n) is 6.56. The van der Waals surface area contributed by atoms with Gasteiger partial charge in [-0.15, -0.1) is 0 Å². The fourth-order valence-corrected chi connectivity index (χ4v) is 3.41. The van der Waals surface area contributed by atoms with Gasteiger partial charge in [0.15, 0.2) is 0 Å². The van der Waals surface area contributed by atoms with Crippen LogP contribution in [0, 0.1) is 9.39 Å². The van der Waals surface area contributed by atoms with Gasteiger partial charge in [0.25, 0.3) is 5.91 Å². The molecule has 0 N–H and O–H groups in total. The van der Waals surface area contributed by atoms with Gasteiger partial charge in [0, 0.05) is 32.3 Å². The van der Waals surface area contributed by atoms with Gasteiger partial charge in [0.05, 0.1) is 0 Å². The van der Waals surface area contributed by atoms with Crippen molar-refractivity contribution in [1.29, 1.82) is 0 Å². The topological polar surface area (TPSA) is 20.3 Å². The predicted molar refractivity (Wildman–Crippen MR) is 91.7 cm³/mol. The highest BCUT2D eigenvalue weighted by Gasteiger charge is 2.25. The van der Waals surface area contributed by atoms with Crippen LogP contribution in [-0.4, -0.2) is 17.4 Å². The molecule has 2 aromatic carbocycles. The van der Waals surface area contributed by atoms with E-state index in [2.05, 4.69) is 38.5 Å². The Morgan fingerprint density at radius 2 is 2.05 bits per heavy atom. The summed E-state index contributed by atoms with van der Waals surface area (Å²) in [5.74, 6) is -0.298. The summed E-state index contributed by atoms with van der Waals surface area (Å²) in [6, 6.07) is 10.7. The maximum Gasteiger partial charge on any atom is 0.254 e. The Labute approximate surface area is 144 Å². The SMILES string of the molecule is O=C1c2cc(I)ccc2CCN1Cc1cc(Br)ccc1F. The Hall–Kier alpha value is -0.950. The van der Waals surface area contributed by atoms with E-state index in [0.29, 0.717) is 18.7 Å². The van der Waals surface area contributed by atoms with Crippen molar-refractivity contribution in [1.82, 2.24) is 4.90 Å². The second kappa shape index (κ2) is 6.04. The summed E-state index contributed by atoms with van der Waals surface area (Å²) >= 11 is 5.54. The zero-order chi connectivity index (χ0) is 15.0. The van der Waals surface area contributed by atoms with Crippen molar-refractivity contribution in [3.8, 4) is 0 Å². The number of fused-ring (bicyclic) bond motifs is 1. The lowest BCUT2D eigenvalue weighted by molar-refractivity contribution is 0.0725. The van der Waals surface area contributed by atoms with Gasteiger partial charge < -0.3 is 4.90 Å². The van der Waals surface area contributed by atoms with E-state index in [9.17, 15) is 9.18 Å². The molecule has 0 saturated carbocycles. The number of halogens is 3. The number of hydrogen-bond acceptors (Lipinski definition) is 1. The monoisotopic (exact) mass is 459 g/mol. The number of rotatable bonds is 2. The van der Waals surface area contributed by atoms with Gasteiger partial charge >= 0.3 is 0 Å². The molecule has 5 heteroatoms. The third-order valence-electron chi connectivity index (χ3n) is 3.61. The zero-order valence-electron chi connectivity index (χ0n) is 11.1. The van der Waals surface area contributed by atoms with Gasteiger partial charge in [-0.05, 0) is 64.9 Å². The number of amides is 1. The minimum Gasteiger partial charge on any atom is -0.334 e. The van der Waals surface area contributed by atoms with Crippen LogP contribution in [0.3, 0.4) is 0 Å². The van der Waals surface area contributed by atoms with Crippen LogP contribution in [0.4, 0.5) is 4.39 Å². The summed E-state index contributed by atoms with van der Waals surface area (Å²) in [4.78, 5) is 14.3. The maximum absolute atomic E-state index is 13.9. The average Bonchev–Trinajstić information content (AvgIpc) is 2.46. The van der Waals surface area contributed by atoms with Crippen molar-refractivity contribution >= 4 is 44.4 Å². The Balaban J connectivity index is 1.88. The number of hydrogen-bond donors (Lipinski definition) is 0. The molecule has 2 aromatic rings. The summed E-state index contributed by atoms with van der Waals surface area (Å²) in [6.07, 6.45) is 0.813. The normalized spacial score (nSPS) is 14.2. The first-order valence-corrected chi connectivity index (χ1v) is 8.43. The molecule has 1 aliphatic rings. The molecule has 0 spiro atoms. The van der Waals surface area contributed by atoms with E-state index < -0.39 is 0 Å². The summed E-state index contributed by atoms with van der Waals surface area (Å²) in [5.41, 5.74) is 2.35. The van der Waals surface area contributed by atoms with Gasteiger partial charge in [-0.25, -0.2) is 4.39 Å². The molecule has 2 nitrogen and oxygen atoms in total. The highest BCUT2D eigenvalue weighted by atomic mass is 127. The van der Waals surface area contributed by atoms with Crippen LogP contribution in [0.5, 0.6) is 0 Å². The predicted octanol–water partition coefficient (Wildman–Crippen LogP) is 4.39. The van der Waals surface area contributed by atoms with E-state index in [0.717, 1.165) is 25.6 Å². The van der Waals surface area contributed by atoms with Crippen LogP contribution in [0.25, 0.3) is 0 Å². The van der Waals surface area contributed by atoms with Gasteiger partial charge in [-0.2, -0.15) is 0 Å². The Kier molecular flexibility index (Phi) is 4.31. The molecule has 3 rings (SSSR count). The molecule has 0 saturated heterocycles. The molecular weight excluding hydrogens is 448 g/mol. The van der Waals surface area contributed by atoms with Crippen LogP contribution in [0.15, 0.2) is 40.9 Å². The molecule has 0 fully saturated rings. The Morgan fingerprint density at radius 3 is 2.86 bits per heavy atom. The molecule has 0 aliphatic carbocycles. The van der Waals surface area contributed by atoms with Crippen molar-refractivity contribution in [2.75, 3.05) is 6.54 Å². The van der Waals surface area contributed by atoms with Gasteiger partial charge in [-0.3, -0.25) is 4.79 Å². The smallest absolute Gasteiger partial charge is 0.254 e. The molecule has 0 bridgehead atoms. The molecule has 0 unspecified atom stereocenters. The van der Waals surface area contributed by atoms with Crippen molar-refractivity contribution in [3.05, 3.63) is 66.9 Å². The molecule has 0 atom stereocenters. The Morgan fingerprint density at radius 1 is 1.24 bits per heavy atom. The second-order valence-electron chi connectivity index (χ2n) is 5.01. The fraction of sp³-hybridized carbons (Fsp3) is 0.188. The van der Waals surface area contributed by atoms with Crippen molar-refractivity contribution in [2.24, 2.45) is 0 Å². The fourth-order valence-electron chi connectivity index (χ4n) is 2.51. The maximum atomic E-state index is 13.9. The quantitative estimate of drug-likeness (QED) is 0.610. The number of benzene rings is 2. The lowest BCUT2D eigenvalue weighted by Gasteiger charge is -2.29. The van der Waals surface area contributed by atoms with Crippen molar-refractivity contribution in [3.63, 3.8) is 0 Å². The minimum atomic E-state index is -0.278. The van der Waals surface area contributed by atoms with E-state index in [1.807, 2.05) is 18.2 Å². The number of carbonyl (C=O) groups excluding carboxylic acids is 1. The number of carbonyl (C=O) groups is 1. The van der Waals surface area contributed by atoms with E-state index in [1.165, 1.54) is 6.07 Å². The third-order valence-corrected chi connectivity index (χ3v) is 4.77. The molecule has 0 aromatic heterocycles. The first-order chi connectivity index (χ1) is 10.0. The van der Waals surface area contributed by atoms with Crippen molar-refractivity contribution in [2.45, 2.75) is 13.0 Å². The standard InChI is InChI=1S/C16H12BrFINO/c17-12-2-4-15(18)11(7-12)9-20-6-5-10-1-3-13(19)8-14(10)16(20)21/h1-4,7-8H,5-6,9H2. The highest BCUT2D eigenvalue weighted by molar-refractivity contribution is 14.1. The summed E-state index contributed by atoms with van der Waals surface area (Å²) in [6.45, 7) is 0.924. The van der Waals surface area contributed by atoms with Gasteiger partial charge in [-0.1, -0.05) is 22.0 Å². The third kappa shape index (κ3) is 3.13. The van der Waals surface area contributed by atoms with Crippen LogP contribution < -0.4 is 0 Å². The van der Waals surface area contributed by atoms with Crippen LogP contribution >= 0.6 is 38.5 Å². The van der Waals surface area contributed by atoms with Gasteiger partial charge in [0.1, 0.15) is 5.82 Å². The van der Waals surface area contributed by atoms with Crippen LogP contribution in [-0.2, 0) is 13.0 Å². The number of nitrogens with zero attached hydrogens (tertiary/aromatic N) is 1. The molecule has 108 valence electrons. The molecule has 21 heavy (non-hydrogen) atoms. The molecule has 0 radical (unpaired) electrons. The Bertz CT molecular complexity index is 719. The summed E-state index contributed by atoms with van der Waals surface area (Å²) < 4.78 is 15.7. The van der Waals surface area contributed by atoms with Gasteiger partial charge in [0.2, 0.25) is 0 Å². The average molecular weight is 460 g/mol.